The van der Waals surface area contributed by atoms with Crippen LogP contribution in [-0.4, -0.2) is 22.1 Å². The molecule has 4 aromatic carbocycles. The third kappa shape index (κ3) is 9.57. The number of phenolic OH excluding ortho intramolecular Hbond substituents is 1. The van der Waals surface area contributed by atoms with E-state index in [-0.39, 0.29) is 71.4 Å². The summed E-state index contributed by atoms with van der Waals surface area (Å²) >= 11 is 6.64. The fraction of sp³-hybridized carbons (Fsp3) is 0.0968. The van der Waals surface area contributed by atoms with Crippen molar-refractivity contribution < 1.29 is 54.5 Å². The number of ether oxygens (including phenoxy) is 1. The molecule has 1 aliphatic heterocycles. The van der Waals surface area contributed by atoms with Crippen LogP contribution in [0.2, 0.25) is 0 Å². The molecule has 39 heavy (non-hydrogen) atoms. The second kappa shape index (κ2) is 16.6. The third-order valence-corrected chi connectivity index (χ3v) is 6.49. The van der Waals surface area contributed by atoms with Crippen molar-refractivity contribution in [1.82, 2.24) is 0 Å². The van der Waals surface area contributed by atoms with Crippen molar-refractivity contribution in [2.45, 2.75) is 20.0 Å². The second-order valence-corrected chi connectivity index (χ2v) is 9.89. The van der Waals surface area contributed by atoms with Crippen LogP contribution < -0.4 is 34.3 Å². The van der Waals surface area contributed by atoms with Crippen LogP contribution in [0.4, 0.5) is 0 Å². The molecular weight excluding hydrogens is 635 g/mol. The van der Waals surface area contributed by atoms with Crippen molar-refractivity contribution in [3.05, 3.63) is 134 Å². The number of ketones is 2. The van der Waals surface area contributed by atoms with Gasteiger partial charge in [0, 0.05) is 8.95 Å². The molecule has 4 aromatic rings. The Morgan fingerprint density at radius 1 is 0.872 bits per heavy atom. The maximum absolute atomic E-state index is 12.1. The van der Waals surface area contributed by atoms with Crippen LogP contribution in [-0.2, 0) is 0 Å². The minimum Gasteiger partial charge on any atom is -0.870 e. The molecule has 0 saturated carbocycles. The van der Waals surface area contributed by atoms with Crippen LogP contribution in [0.25, 0.3) is 6.08 Å². The summed E-state index contributed by atoms with van der Waals surface area (Å²) in [5.74, 6) is 0.563. The molecule has 1 heterocycles. The largest absolute Gasteiger partial charge is 1.00 e. The van der Waals surface area contributed by atoms with Crippen LogP contribution in [0.1, 0.15) is 51.8 Å². The molecule has 1 atom stereocenters. The van der Waals surface area contributed by atoms with E-state index in [1.165, 1.54) is 12.1 Å². The number of halogens is 2. The number of allylic oxidation sites excluding steroid dienone is 1. The number of carbonyl (C=O) groups excluding carboxylic acids is 2. The van der Waals surface area contributed by atoms with Gasteiger partial charge >= 0.3 is 29.6 Å². The molecule has 5 rings (SSSR count). The molecule has 0 amide bonds. The summed E-state index contributed by atoms with van der Waals surface area (Å²) in [6.07, 6.45) is 3.40. The van der Waals surface area contributed by atoms with E-state index in [0.29, 0.717) is 17.7 Å². The van der Waals surface area contributed by atoms with E-state index >= 15 is 0 Å². The SMILES string of the molecule is C.O=C(/C=C/c1ccccc1)c1cc(Br)ccc1O.O=C1CC(c2ccccc2)Oc2ccc(Br)cc21.[Na+].[OH-]. The van der Waals surface area contributed by atoms with Crippen molar-refractivity contribution in [3.8, 4) is 11.5 Å². The molecule has 0 spiro atoms. The molecule has 5 nitrogen and oxygen atoms in total. The molecule has 1 aliphatic rings. The summed E-state index contributed by atoms with van der Waals surface area (Å²) in [5.41, 5.74) is 2.94. The summed E-state index contributed by atoms with van der Waals surface area (Å²) in [5, 5.41) is 9.63. The van der Waals surface area contributed by atoms with Crippen molar-refractivity contribution in [3.63, 3.8) is 0 Å². The van der Waals surface area contributed by atoms with Gasteiger partial charge in [-0.1, -0.05) is 106 Å². The quantitative estimate of drug-likeness (QED) is 0.173. The fourth-order valence-electron chi connectivity index (χ4n) is 3.68. The molecule has 1 unspecified atom stereocenters. The van der Waals surface area contributed by atoms with E-state index in [4.69, 9.17) is 4.74 Å². The zero-order chi connectivity index (χ0) is 25.5. The number of carbonyl (C=O) groups is 2. The monoisotopic (exact) mass is 660 g/mol. The topological polar surface area (TPSA) is 93.6 Å². The van der Waals surface area contributed by atoms with E-state index in [2.05, 4.69) is 31.9 Å². The third-order valence-electron chi connectivity index (χ3n) is 5.50. The van der Waals surface area contributed by atoms with Gasteiger partial charge in [-0.2, -0.15) is 0 Å². The first-order valence-electron chi connectivity index (χ1n) is 11.2. The number of Topliss-reactive ketones (excluding diaryl/α,β-unsaturated/α-hetero) is 1. The van der Waals surface area contributed by atoms with Crippen LogP contribution in [0.15, 0.2) is 112 Å². The molecule has 0 bridgehead atoms. The Morgan fingerprint density at radius 3 is 2.13 bits per heavy atom. The standard InChI is InChI=1S/2C15H11BrO2.CH4.Na.H2O/c16-11-6-7-14-12(8-11)13(17)9-15(18-14)10-4-2-1-3-5-10;16-12-7-9-15(18)13(10-12)14(17)8-6-11-4-2-1-3-5-11;;;/h1-8,15H,9H2;1-10,18H;1H4;;1H2/q;;;+1;/p-1/b;8-6+;;;. The molecule has 0 aromatic heterocycles. The summed E-state index contributed by atoms with van der Waals surface area (Å²) in [6.45, 7) is 0. The predicted molar refractivity (Wildman–Crippen MR) is 157 cm³/mol. The number of phenols is 1. The van der Waals surface area contributed by atoms with E-state index < -0.39 is 0 Å². The molecule has 2 N–H and O–H groups in total. The minimum absolute atomic E-state index is 0. The van der Waals surface area contributed by atoms with E-state index in [1.807, 2.05) is 78.9 Å². The zero-order valence-electron chi connectivity index (χ0n) is 20.6. The van der Waals surface area contributed by atoms with Gasteiger partial charge in [-0.25, -0.2) is 0 Å². The molecule has 0 radical (unpaired) electrons. The smallest absolute Gasteiger partial charge is 0.870 e. The van der Waals surface area contributed by atoms with Crippen LogP contribution in [0, 0.1) is 0 Å². The normalized spacial score (nSPS) is 13.3. The Kier molecular flexibility index (Phi) is 14.6. The average molecular weight is 662 g/mol. The molecular formula is C31H27Br2NaO5. The molecule has 0 aliphatic carbocycles. The Labute approximate surface area is 267 Å². The molecule has 8 heteroatoms. The van der Waals surface area contributed by atoms with Crippen LogP contribution >= 0.6 is 31.9 Å². The average Bonchev–Trinajstić information content (AvgIpc) is 2.90. The summed E-state index contributed by atoms with van der Waals surface area (Å²) < 4.78 is 7.56. The van der Waals surface area contributed by atoms with Gasteiger partial charge in [-0.15, -0.1) is 0 Å². The number of hydrogen-bond acceptors (Lipinski definition) is 5. The fourth-order valence-corrected chi connectivity index (χ4v) is 4.40. The zero-order valence-corrected chi connectivity index (χ0v) is 25.7. The number of benzene rings is 4. The minimum atomic E-state index is -0.224. The molecule has 0 saturated heterocycles. The maximum Gasteiger partial charge on any atom is 1.00 e. The van der Waals surface area contributed by atoms with Crippen molar-refractivity contribution in [2.75, 3.05) is 0 Å². The predicted octanol–water partition coefficient (Wildman–Crippen LogP) is 5.67. The van der Waals surface area contributed by atoms with Crippen LogP contribution in [0.5, 0.6) is 11.5 Å². The van der Waals surface area contributed by atoms with E-state index in [0.717, 1.165) is 20.1 Å². The van der Waals surface area contributed by atoms with E-state index in [9.17, 15) is 14.7 Å². The molecule has 196 valence electrons. The van der Waals surface area contributed by atoms with E-state index in [1.54, 1.807) is 18.2 Å². The van der Waals surface area contributed by atoms with Gasteiger partial charge in [-0.3, -0.25) is 9.59 Å². The van der Waals surface area contributed by atoms with Gasteiger partial charge in [0.05, 0.1) is 17.5 Å². The summed E-state index contributed by atoms with van der Waals surface area (Å²) in [4.78, 5) is 24.0. The van der Waals surface area contributed by atoms with Crippen LogP contribution in [0.3, 0.4) is 0 Å². The second-order valence-electron chi connectivity index (χ2n) is 8.05. The van der Waals surface area contributed by atoms with Gasteiger partial charge < -0.3 is 15.3 Å². The number of fused-ring (bicyclic) bond motifs is 1. The Balaban J connectivity index is 0.000000362. The van der Waals surface area contributed by atoms with Gasteiger partial charge in [0.15, 0.2) is 11.6 Å². The van der Waals surface area contributed by atoms with Gasteiger partial charge in [0.1, 0.15) is 17.6 Å². The first kappa shape index (κ1) is 34.5. The van der Waals surface area contributed by atoms with Crippen molar-refractivity contribution >= 4 is 49.5 Å². The van der Waals surface area contributed by atoms with Crippen molar-refractivity contribution in [2.24, 2.45) is 0 Å². The summed E-state index contributed by atoms with van der Waals surface area (Å²) in [7, 11) is 0. The Hall–Kier alpha value is -2.52. The summed E-state index contributed by atoms with van der Waals surface area (Å²) in [6, 6.07) is 29.7. The van der Waals surface area contributed by atoms with Crippen molar-refractivity contribution in [1.29, 1.82) is 0 Å². The number of rotatable bonds is 4. The van der Waals surface area contributed by atoms with Gasteiger partial charge in [-0.05, 0) is 53.6 Å². The first-order chi connectivity index (χ1) is 17.4. The Morgan fingerprint density at radius 2 is 1.46 bits per heavy atom. The first-order valence-corrected chi connectivity index (χ1v) is 12.8. The van der Waals surface area contributed by atoms with Gasteiger partial charge in [0.2, 0.25) is 0 Å². The number of aromatic hydroxyl groups is 1. The van der Waals surface area contributed by atoms with Gasteiger partial charge in [0.25, 0.3) is 0 Å². The molecule has 0 fully saturated rings. The maximum atomic E-state index is 12.1. The number of hydrogen-bond donors (Lipinski definition) is 1. The Bertz CT molecular complexity index is 1410.